The maximum Gasteiger partial charge on any atom is 0.341 e. The van der Waals surface area contributed by atoms with Crippen molar-refractivity contribution in [3.8, 4) is 0 Å². The number of hydrogen-bond donors (Lipinski definition) is 2. The van der Waals surface area contributed by atoms with Gasteiger partial charge in [-0.1, -0.05) is 37.3 Å². The smallest absolute Gasteiger partial charge is 0.341 e. The highest BCUT2D eigenvalue weighted by atomic mass is 16.6. The first kappa shape index (κ1) is 18.9. The highest BCUT2D eigenvalue weighted by Gasteiger charge is 2.18. The van der Waals surface area contributed by atoms with Gasteiger partial charge in [0.25, 0.3) is 11.6 Å². The largest absolute Gasteiger partial charge is 0.452 e. The fourth-order valence-electron chi connectivity index (χ4n) is 2.26. The number of rotatable bonds is 7. The number of nitrogens with two attached hydrogens (primary N) is 1. The maximum absolute atomic E-state index is 12.0. The number of non-ortho nitro benzene ring substituents is 1. The van der Waals surface area contributed by atoms with Crippen LogP contribution in [-0.4, -0.2) is 30.0 Å². The van der Waals surface area contributed by atoms with Crippen LogP contribution < -0.4 is 11.1 Å². The molecule has 0 aromatic heterocycles. The van der Waals surface area contributed by atoms with Gasteiger partial charge in [0.05, 0.1) is 10.5 Å². The van der Waals surface area contributed by atoms with Crippen molar-refractivity contribution in [2.24, 2.45) is 0 Å². The lowest BCUT2D eigenvalue weighted by atomic mass is 10.0. The maximum atomic E-state index is 12.0. The van der Waals surface area contributed by atoms with Crippen molar-refractivity contribution in [3.63, 3.8) is 0 Å². The second-order valence-corrected chi connectivity index (χ2v) is 5.72. The third kappa shape index (κ3) is 5.04. The zero-order valence-electron chi connectivity index (χ0n) is 14.2. The van der Waals surface area contributed by atoms with Crippen molar-refractivity contribution >= 4 is 23.3 Å². The van der Waals surface area contributed by atoms with E-state index in [1.807, 2.05) is 37.3 Å². The summed E-state index contributed by atoms with van der Waals surface area (Å²) in [6.07, 6.45) is 0. The van der Waals surface area contributed by atoms with E-state index in [1.165, 1.54) is 12.1 Å². The summed E-state index contributed by atoms with van der Waals surface area (Å²) in [6, 6.07) is 13.1. The molecule has 8 nitrogen and oxygen atoms in total. The number of carbonyl (C=O) groups is 2. The van der Waals surface area contributed by atoms with E-state index in [4.69, 9.17) is 10.5 Å². The molecule has 0 radical (unpaired) electrons. The van der Waals surface area contributed by atoms with Gasteiger partial charge in [-0.2, -0.15) is 0 Å². The SMILES string of the molecule is C[C@H](CNC(=O)COC(=O)c1cc([N+](=O)[O-])ccc1N)c1ccccc1. The first-order valence-corrected chi connectivity index (χ1v) is 7.91. The molecule has 2 aromatic rings. The number of nitro groups is 1. The van der Waals surface area contributed by atoms with E-state index < -0.39 is 23.4 Å². The second-order valence-electron chi connectivity index (χ2n) is 5.72. The summed E-state index contributed by atoms with van der Waals surface area (Å²) in [5.74, 6) is -1.26. The van der Waals surface area contributed by atoms with E-state index in [9.17, 15) is 19.7 Å². The number of anilines is 1. The van der Waals surface area contributed by atoms with Crippen LogP contribution in [0.3, 0.4) is 0 Å². The van der Waals surface area contributed by atoms with Gasteiger partial charge >= 0.3 is 5.97 Å². The highest BCUT2D eigenvalue weighted by Crippen LogP contribution is 2.20. The van der Waals surface area contributed by atoms with Crippen LogP contribution in [0.4, 0.5) is 11.4 Å². The second kappa shape index (κ2) is 8.61. The van der Waals surface area contributed by atoms with Crippen LogP contribution in [0.5, 0.6) is 0 Å². The van der Waals surface area contributed by atoms with Crippen LogP contribution in [0.1, 0.15) is 28.8 Å². The van der Waals surface area contributed by atoms with Gasteiger partial charge < -0.3 is 15.8 Å². The molecular weight excluding hydrogens is 338 g/mol. The van der Waals surface area contributed by atoms with Gasteiger partial charge in [-0.25, -0.2) is 4.79 Å². The number of amides is 1. The molecule has 8 heteroatoms. The molecule has 0 fully saturated rings. The van der Waals surface area contributed by atoms with Crippen molar-refractivity contribution in [2.75, 3.05) is 18.9 Å². The lowest BCUT2D eigenvalue weighted by molar-refractivity contribution is -0.384. The molecule has 0 aliphatic carbocycles. The van der Waals surface area contributed by atoms with Crippen molar-refractivity contribution in [1.29, 1.82) is 0 Å². The standard InChI is InChI=1S/C18H19N3O5/c1-12(13-5-3-2-4-6-13)10-20-17(22)11-26-18(23)15-9-14(21(24)25)7-8-16(15)19/h2-9,12H,10-11,19H2,1H3,(H,20,22)/t12-/m1/s1. The summed E-state index contributed by atoms with van der Waals surface area (Å²) < 4.78 is 4.89. The molecule has 0 saturated heterocycles. The van der Waals surface area contributed by atoms with Gasteiger partial charge in [-0.05, 0) is 17.5 Å². The third-order valence-corrected chi connectivity index (χ3v) is 3.78. The fourth-order valence-corrected chi connectivity index (χ4v) is 2.26. The van der Waals surface area contributed by atoms with Crippen molar-refractivity contribution in [2.45, 2.75) is 12.8 Å². The minimum atomic E-state index is -0.891. The number of nitrogens with one attached hydrogen (secondary N) is 1. The Morgan fingerprint density at radius 3 is 2.58 bits per heavy atom. The number of esters is 1. The lowest BCUT2D eigenvalue weighted by Crippen LogP contribution is -2.31. The molecule has 3 N–H and O–H groups in total. The van der Waals surface area contributed by atoms with E-state index in [0.29, 0.717) is 6.54 Å². The van der Waals surface area contributed by atoms with Gasteiger partial charge in [0, 0.05) is 24.4 Å². The molecule has 26 heavy (non-hydrogen) atoms. The molecule has 136 valence electrons. The van der Waals surface area contributed by atoms with Crippen LogP contribution in [0.15, 0.2) is 48.5 Å². The van der Waals surface area contributed by atoms with Crippen LogP contribution in [0.25, 0.3) is 0 Å². The summed E-state index contributed by atoms with van der Waals surface area (Å²) in [4.78, 5) is 34.0. The molecule has 2 rings (SSSR count). The first-order valence-electron chi connectivity index (χ1n) is 7.91. The summed E-state index contributed by atoms with van der Waals surface area (Å²) in [5.41, 5.74) is 6.32. The quantitative estimate of drug-likeness (QED) is 0.339. The Bertz CT molecular complexity index is 808. The molecule has 1 amide bonds. The molecule has 0 aliphatic heterocycles. The summed E-state index contributed by atoms with van der Waals surface area (Å²) in [7, 11) is 0. The van der Waals surface area contributed by atoms with E-state index in [-0.39, 0.29) is 22.9 Å². The summed E-state index contributed by atoms with van der Waals surface area (Å²) in [5, 5.41) is 13.4. The Labute approximate surface area is 150 Å². The zero-order valence-corrected chi connectivity index (χ0v) is 14.2. The molecule has 0 aliphatic rings. The van der Waals surface area contributed by atoms with Crippen molar-refractivity contribution < 1.29 is 19.2 Å². The van der Waals surface area contributed by atoms with E-state index in [2.05, 4.69) is 5.32 Å². The number of nitrogen functional groups attached to an aromatic ring is 1. The van der Waals surface area contributed by atoms with Gasteiger partial charge in [0.2, 0.25) is 0 Å². The first-order chi connectivity index (χ1) is 12.4. The van der Waals surface area contributed by atoms with Crippen molar-refractivity contribution in [1.82, 2.24) is 5.32 Å². The minimum absolute atomic E-state index is 0.0405. The van der Waals surface area contributed by atoms with Gasteiger partial charge in [0.15, 0.2) is 6.61 Å². The molecule has 0 bridgehead atoms. The van der Waals surface area contributed by atoms with E-state index >= 15 is 0 Å². The Kier molecular flexibility index (Phi) is 6.26. The minimum Gasteiger partial charge on any atom is -0.452 e. The highest BCUT2D eigenvalue weighted by molar-refractivity contribution is 5.96. The van der Waals surface area contributed by atoms with Gasteiger partial charge in [0.1, 0.15) is 0 Å². The Morgan fingerprint density at radius 2 is 1.92 bits per heavy atom. The predicted molar refractivity (Wildman–Crippen MR) is 95.7 cm³/mol. The average molecular weight is 357 g/mol. The summed E-state index contributed by atoms with van der Waals surface area (Å²) in [6.45, 7) is 1.85. The Hall–Kier alpha value is -3.42. The van der Waals surface area contributed by atoms with E-state index in [0.717, 1.165) is 11.6 Å². The van der Waals surface area contributed by atoms with Crippen LogP contribution in [0, 0.1) is 10.1 Å². The topological polar surface area (TPSA) is 125 Å². The fraction of sp³-hybridized carbons (Fsp3) is 0.222. The van der Waals surface area contributed by atoms with Gasteiger partial charge in [-0.15, -0.1) is 0 Å². The van der Waals surface area contributed by atoms with E-state index in [1.54, 1.807) is 0 Å². The van der Waals surface area contributed by atoms with Crippen molar-refractivity contribution in [3.05, 3.63) is 69.8 Å². The predicted octanol–water partition coefficient (Wildman–Crippen LogP) is 2.25. The number of nitro benzene ring substituents is 1. The number of ether oxygens (including phenoxy) is 1. The normalized spacial score (nSPS) is 11.4. The molecular formula is C18H19N3O5. The molecule has 0 unspecified atom stereocenters. The number of hydrogen-bond acceptors (Lipinski definition) is 6. The van der Waals surface area contributed by atoms with Gasteiger partial charge in [-0.3, -0.25) is 14.9 Å². The molecule has 0 heterocycles. The lowest BCUT2D eigenvalue weighted by Gasteiger charge is -2.13. The van der Waals surface area contributed by atoms with Crippen LogP contribution in [-0.2, 0) is 9.53 Å². The molecule has 1 atom stereocenters. The number of carbonyl (C=O) groups excluding carboxylic acids is 2. The molecule has 2 aromatic carbocycles. The third-order valence-electron chi connectivity index (χ3n) is 3.78. The molecule has 0 spiro atoms. The Balaban J connectivity index is 1.86. The monoisotopic (exact) mass is 357 g/mol. The average Bonchev–Trinajstić information content (AvgIpc) is 2.65. The summed E-state index contributed by atoms with van der Waals surface area (Å²) >= 11 is 0. The zero-order chi connectivity index (χ0) is 19.1. The molecule has 0 saturated carbocycles. The Morgan fingerprint density at radius 1 is 1.23 bits per heavy atom. The van der Waals surface area contributed by atoms with Crippen LogP contribution in [0.2, 0.25) is 0 Å². The number of nitrogens with zero attached hydrogens (tertiary/aromatic N) is 1. The number of benzene rings is 2. The van der Waals surface area contributed by atoms with Crippen LogP contribution >= 0.6 is 0 Å².